The lowest BCUT2D eigenvalue weighted by atomic mass is 9.89. The number of likely N-dealkylation sites (tertiary alicyclic amines) is 2. The summed E-state index contributed by atoms with van der Waals surface area (Å²) in [5.41, 5.74) is 1.79. The van der Waals surface area contributed by atoms with Crippen molar-refractivity contribution in [3.8, 4) is 11.1 Å². The summed E-state index contributed by atoms with van der Waals surface area (Å²) in [6, 6.07) is 9.91. The molecule has 0 spiro atoms. The van der Waals surface area contributed by atoms with Crippen molar-refractivity contribution in [1.29, 1.82) is 0 Å². The van der Waals surface area contributed by atoms with Gasteiger partial charge in [-0.15, -0.1) is 0 Å². The molecule has 2 fully saturated rings. The Balaban J connectivity index is 1.32. The Kier molecular flexibility index (Phi) is 9.02. The molecule has 2 aromatic rings. The molecule has 0 aliphatic carbocycles. The summed E-state index contributed by atoms with van der Waals surface area (Å²) >= 11 is 0. The van der Waals surface area contributed by atoms with Crippen molar-refractivity contribution < 1.29 is 18.3 Å². The summed E-state index contributed by atoms with van der Waals surface area (Å²) in [5, 5.41) is 9.76. The van der Waals surface area contributed by atoms with Gasteiger partial charge in [0, 0.05) is 36.5 Å². The van der Waals surface area contributed by atoms with Crippen LogP contribution in [0.15, 0.2) is 43.0 Å². The first-order chi connectivity index (χ1) is 17.7. The van der Waals surface area contributed by atoms with E-state index in [-0.39, 0.29) is 11.9 Å². The van der Waals surface area contributed by atoms with E-state index in [9.17, 15) is 13.9 Å². The molecule has 1 unspecified atom stereocenters. The normalized spacial score (nSPS) is 19.5. The molecule has 0 aromatic heterocycles. The van der Waals surface area contributed by atoms with Gasteiger partial charge in [0.25, 0.3) is 0 Å². The Labute approximate surface area is 220 Å². The van der Waals surface area contributed by atoms with Crippen molar-refractivity contribution >= 4 is 5.70 Å². The molecule has 0 bridgehead atoms. The average Bonchev–Trinajstić information content (AvgIpc) is 3.34. The largest absolute Gasteiger partial charge is 0.391 e. The van der Waals surface area contributed by atoms with Crippen LogP contribution >= 0.6 is 0 Å². The number of piperidine rings is 1. The Hall–Kier alpha value is -2.31. The molecule has 37 heavy (non-hydrogen) atoms. The Morgan fingerprint density at radius 3 is 2.32 bits per heavy atom. The maximum atomic E-state index is 15.0. The fourth-order valence-corrected chi connectivity index (χ4v) is 5.68. The predicted octanol–water partition coefficient (Wildman–Crippen LogP) is 6.84. The number of nitrogens with zero attached hydrogens (tertiary/aromatic N) is 2. The van der Waals surface area contributed by atoms with Crippen molar-refractivity contribution in [1.82, 2.24) is 9.80 Å². The molecule has 2 aromatic carbocycles. The van der Waals surface area contributed by atoms with Crippen LogP contribution in [-0.2, 0) is 6.42 Å². The van der Waals surface area contributed by atoms with Gasteiger partial charge in [0.2, 0.25) is 0 Å². The van der Waals surface area contributed by atoms with Crippen molar-refractivity contribution in [3.63, 3.8) is 0 Å². The number of aliphatic hydroxyl groups is 1. The number of aryl methyl sites for hydroxylation is 1. The number of β-amino-alcohol motifs (C(OH)–C–C–N with tert-alkyl or cyclic N) is 1. The first-order valence-corrected chi connectivity index (χ1v) is 13.8. The molecule has 2 aliphatic heterocycles. The maximum absolute atomic E-state index is 15.0. The van der Waals surface area contributed by atoms with Crippen LogP contribution < -0.4 is 0 Å². The molecule has 0 saturated carbocycles. The summed E-state index contributed by atoms with van der Waals surface area (Å²) in [4.78, 5) is 4.20. The number of rotatable bonds is 10. The van der Waals surface area contributed by atoms with Crippen molar-refractivity contribution in [2.24, 2.45) is 5.92 Å². The lowest BCUT2D eigenvalue weighted by Gasteiger charge is -2.36. The molecule has 2 aliphatic rings. The van der Waals surface area contributed by atoms with E-state index in [4.69, 9.17) is 0 Å². The van der Waals surface area contributed by atoms with E-state index in [0.29, 0.717) is 79.2 Å². The molecule has 1 N–H and O–H groups in total. The standard InChI is InChI=1S/C31H41F3N2O/c1-4-31(34,5-2)21-35-15-12-23(13-16-35)6-7-24-8-9-26(19-29(24)32)28-11-10-25(18-30(28)33)22(3)36-17-14-27(37)20-36/h8-11,18-19,23,27,37H,3-7,12-17,20-21H2,1-2H3. The third kappa shape index (κ3) is 6.77. The van der Waals surface area contributed by atoms with E-state index in [2.05, 4.69) is 11.5 Å². The highest BCUT2D eigenvalue weighted by atomic mass is 19.1. The van der Waals surface area contributed by atoms with Crippen LogP contribution in [0, 0.1) is 17.6 Å². The fourth-order valence-electron chi connectivity index (χ4n) is 5.68. The summed E-state index contributed by atoms with van der Waals surface area (Å²) in [6.07, 6.45) is 4.99. The third-order valence-corrected chi connectivity index (χ3v) is 8.51. The van der Waals surface area contributed by atoms with E-state index in [0.717, 1.165) is 32.4 Å². The number of hydrogen-bond donors (Lipinski definition) is 1. The Morgan fingerprint density at radius 1 is 1.00 bits per heavy atom. The number of aliphatic hydroxyl groups excluding tert-OH is 1. The van der Waals surface area contributed by atoms with Crippen LogP contribution in [0.5, 0.6) is 0 Å². The average molecular weight is 515 g/mol. The minimum Gasteiger partial charge on any atom is -0.391 e. The maximum Gasteiger partial charge on any atom is 0.131 e. The molecule has 202 valence electrons. The van der Waals surface area contributed by atoms with E-state index < -0.39 is 11.5 Å². The topological polar surface area (TPSA) is 26.7 Å². The van der Waals surface area contributed by atoms with Crippen molar-refractivity contribution in [2.75, 3.05) is 32.7 Å². The first-order valence-electron chi connectivity index (χ1n) is 13.8. The van der Waals surface area contributed by atoms with Gasteiger partial charge in [-0.05, 0) is 87.2 Å². The predicted molar refractivity (Wildman–Crippen MR) is 145 cm³/mol. The van der Waals surface area contributed by atoms with Crippen LogP contribution in [0.1, 0.15) is 63.5 Å². The van der Waals surface area contributed by atoms with Gasteiger partial charge in [-0.2, -0.15) is 0 Å². The van der Waals surface area contributed by atoms with Crippen LogP contribution in [0.3, 0.4) is 0 Å². The zero-order valence-electron chi connectivity index (χ0n) is 22.3. The van der Waals surface area contributed by atoms with Gasteiger partial charge in [-0.1, -0.05) is 44.7 Å². The molecule has 2 saturated heterocycles. The smallest absolute Gasteiger partial charge is 0.131 e. The Bertz CT molecular complexity index is 1080. The zero-order valence-corrected chi connectivity index (χ0v) is 22.3. The molecule has 2 heterocycles. The van der Waals surface area contributed by atoms with Gasteiger partial charge in [0.05, 0.1) is 6.10 Å². The number of hydrogen-bond acceptors (Lipinski definition) is 3. The lowest BCUT2D eigenvalue weighted by molar-refractivity contribution is 0.0628. The second kappa shape index (κ2) is 12.0. The third-order valence-electron chi connectivity index (χ3n) is 8.51. The number of alkyl halides is 1. The zero-order chi connectivity index (χ0) is 26.6. The fraction of sp³-hybridized carbons (Fsp3) is 0.548. The molecule has 6 heteroatoms. The Morgan fingerprint density at radius 2 is 1.73 bits per heavy atom. The van der Waals surface area contributed by atoms with E-state index >= 15 is 4.39 Å². The number of halogens is 3. The molecule has 4 rings (SSSR count). The van der Waals surface area contributed by atoms with Gasteiger partial charge in [0.1, 0.15) is 17.3 Å². The molecule has 0 radical (unpaired) electrons. The van der Waals surface area contributed by atoms with Crippen molar-refractivity contribution in [3.05, 3.63) is 65.7 Å². The van der Waals surface area contributed by atoms with Gasteiger partial charge < -0.3 is 14.9 Å². The molecular formula is C31H41F3N2O. The highest BCUT2D eigenvalue weighted by Gasteiger charge is 2.30. The second-order valence-corrected chi connectivity index (χ2v) is 11.0. The van der Waals surface area contributed by atoms with Gasteiger partial charge in [-0.25, -0.2) is 13.2 Å². The lowest BCUT2D eigenvalue weighted by Crippen LogP contribution is -2.43. The summed E-state index contributed by atoms with van der Waals surface area (Å²) in [7, 11) is 0. The molecule has 1 atom stereocenters. The van der Waals surface area contributed by atoms with E-state index in [1.165, 1.54) is 12.1 Å². The minimum absolute atomic E-state index is 0.304. The molecule has 3 nitrogen and oxygen atoms in total. The van der Waals surface area contributed by atoms with E-state index in [1.54, 1.807) is 24.3 Å². The van der Waals surface area contributed by atoms with Crippen LogP contribution in [0.25, 0.3) is 16.8 Å². The SMILES string of the molecule is C=C(c1ccc(-c2ccc(CCC3CCN(CC(F)(CC)CC)CC3)c(F)c2)c(F)c1)N1CCC(O)C1. The van der Waals surface area contributed by atoms with Crippen LogP contribution in [-0.4, -0.2) is 59.4 Å². The first kappa shape index (κ1) is 27.7. The monoisotopic (exact) mass is 514 g/mol. The number of benzene rings is 2. The second-order valence-electron chi connectivity index (χ2n) is 11.0. The van der Waals surface area contributed by atoms with Crippen molar-refractivity contribution in [2.45, 2.75) is 70.6 Å². The van der Waals surface area contributed by atoms with Gasteiger partial charge >= 0.3 is 0 Å². The minimum atomic E-state index is -1.09. The quantitative estimate of drug-likeness (QED) is 0.376. The van der Waals surface area contributed by atoms with Gasteiger partial charge in [0.15, 0.2) is 0 Å². The van der Waals surface area contributed by atoms with E-state index in [1.807, 2.05) is 18.7 Å². The summed E-state index contributed by atoms with van der Waals surface area (Å²) in [5.74, 6) is -0.204. The molecule has 0 amide bonds. The molecular weight excluding hydrogens is 473 g/mol. The van der Waals surface area contributed by atoms with Crippen LogP contribution in [0.4, 0.5) is 13.2 Å². The summed E-state index contributed by atoms with van der Waals surface area (Å²) < 4.78 is 44.7. The highest BCUT2D eigenvalue weighted by molar-refractivity contribution is 5.70. The van der Waals surface area contributed by atoms with Crippen LogP contribution in [0.2, 0.25) is 0 Å². The van der Waals surface area contributed by atoms with Gasteiger partial charge in [-0.3, -0.25) is 0 Å². The summed E-state index contributed by atoms with van der Waals surface area (Å²) in [6.45, 7) is 11.4. The highest BCUT2D eigenvalue weighted by Crippen LogP contribution is 2.31.